The highest BCUT2D eigenvalue weighted by Crippen LogP contribution is 2.44. The summed E-state index contributed by atoms with van der Waals surface area (Å²) in [6.45, 7) is 11.8. The minimum Gasteiger partial charge on any atom is -0.488 e. The molecule has 0 bridgehead atoms. The quantitative estimate of drug-likeness (QED) is 0.148. The first kappa shape index (κ1) is 33.0. The molecule has 5 aromatic rings. The molecule has 3 heterocycles. The van der Waals surface area contributed by atoms with Crippen molar-refractivity contribution in [3.63, 3.8) is 0 Å². The van der Waals surface area contributed by atoms with E-state index in [1.165, 1.54) is 0 Å². The maximum absolute atomic E-state index is 13.3. The molecule has 1 aliphatic rings. The van der Waals surface area contributed by atoms with Crippen molar-refractivity contribution in [1.29, 1.82) is 0 Å². The second kappa shape index (κ2) is 15.3. The molecule has 1 saturated heterocycles. The van der Waals surface area contributed by atoms with Crippen LogP contribution in [0.5, 0.6) is 11.5 Å². The highest BCUT2D eigenvalue weighted by atomic mass is 16.5. The van der Waals surface area contributed by atoms with Crippen molar-refractivity contribution in [3.05, 3.63) is 107 Å². The zero-order valence-electron chi connectivity index (χ0n) is 28.1. The van der Waals surface area contributed by atoms with E-state index in [0.717, 1.165) is 48.6 Å². The lowest BCUT2D eigenvalue weighted by Crippen LogP contribution is -2.43. The van der Waals surface area contributed by atoms with E-state index in [1.807, 2.05) is 85.8 Å². The van der Waals surface area contributed by atoms with Gasteiger partial charge in [-0.05, 0) is 42.6 Å². The van der Waals surface area contributed by atoms with E-state index in [2.05, 4.69) is 46.3 Å². The van der Waals surface area contributed by atoms with E-state index in [0.29, 0.717) is 60.4 Å². The molecule has 0 aliphatic carbocycles. The second-order valence-corrected chi connectivity index (χ2v) is 12.4. The number of ether oxygens (including phenoxy) is 2. The number of aromatic nitrogens is 2. The van der Waals surface area contributed by atoms with Crippen LogP contribution in [0.3, 0.4) is 0 Å². The van der Waals surface area contributed by atoms with Crippen molar-refractivity contribution in [1.82, 2.24) is 25.4 Å². The lowest BCUT2D eigenvalue weighted by molar-refractivity contribution is 0.0947. The van der Waals surface area contributed by atoms with Gasteiger partial charge in [0.15, 0.2) is 17.2 Å². The smallest absolute Gasteiger partial charge is 0.274 e. The van der Waals surface area contributed by atoms with Gasteiger partial charge in [-0.25, -0.2) is 0 Å². The number of likely N-dealkylation sites (N-methyl/N-ethyl adjacent to an activating group) is 1. The Bertz CT molecular complexity index is 1790. The summed E-state index contributed by atoms with van der Waals surface area (Å²) in [5, 5.41) is 11.5. The third-order valence-corrected chi connectivity index (χ3v) is 8.48. The fraction of sp³-hybridized carbons (Fsp3) is 0.342. The molecule has 6 rings (SSSR count). The minimum absolute atomic E-state index is 0.104. The summed E-state index contributed by atoms with van der Waals surface area (Å²) in [5.41, 5.74) is 4.99. The lowest BCUT2D eigenvalue weighted by Gasteiger charge is -2.31. The number of amides is 1. The van der Waals surface area contributed by atoms with Gasteiger partial charge in [-0.1, -0.05) is 84.8 Å². The number of carbonyl (C=O) groups is 1. The van der Waals surface area contributed by atoms with Crippen LogP contribution in [0.1, 0.15) is 59.6 Å². The maximum Gasteiger partial charge on any atom is 0.274 e. The highest BCUT2D eigenvalue weighted by molar-refractivity contribution is 6.01. The zero-order chi connectivity index (χ0) is 33.5. The van der Waals surface area contributed by atoms with Gasteiger partial charge in [0.2, 0.25) is 0 Å². The van der Waals surface area contributed by atoms with Gasteiger partial charge in [0.25, 0.3) is 5.91 Å². The number of hydrogen-bond acceptors (Lipinski definition) is 9. The van der Waals surface area contributed by atoms with Crippen LogP contribution in [0.4, 0.5) is 0 Å². The summed E-state index contributed by atoms with van der Waals surface area (Å²) in [5.74, 6) is 1.74. The van der Waals surface area contributed by atoms with Crippen LogP contribution >= 0.6 is 0 Å². The molecule has 1 amide bonds. The van der Waals surface area contributed by atoms with Gasteiger partial charge < -0.3 is 28.7 Å². The second-order valence-electron chi connectivity index (χ2n) is 12.4. The average Bonchev–Trinajstić information content (AvgIpc) is 3.75. The summed E-state index contributed by atoms with van der Waals surface area (Å²) in [6, 6.07) is 25.8. The van der Waals surface area contributed by atoms with E-state index in [-0.39, 0.29) is 17.5 Å². The van der Waals surface area contributed by atoms with Crippen molar-refractivity contribution < 1.29 is 23.3 Å². The van der Waals surface area contributed by atoms with Crippen LogP contribution in [0.2, 0.25) is 0 Å². The summed E-state index contributed by atoms with van der Waals surface area (Å²) < 4.78 is 24.9. The minimum atomic E-state index is -0.363. The topological polar surface area (TPSA) is 106 Å². The lowest BCUT2D eigenvalue weighted by atomic mass is 9.95. The third kappa shape index (κ3) is 7.78. The molecule has 0 atom stereocenters. The number of carbonyl (C=O) groups excluding carboxylic acids is 1. The largest absolute Gasteiger partial charge is 0.488 e. The SMILES string of the molecule is CCNC(=O)c1noc(-c2cc(C(C)C)c(OCc3ccccc3)cc2OCc2ccccc2)c1-c1cc(CN2CCN(C)CC2)no1. The summed E-state index contributed by atoms with van der Waals surface area (Å²) >= 11 is 0. The van der Waals surface area contributed by atoms with E-state index < -0.39 is 0 Å². The van der Waals surface area contributed by atoms with Crippen molar-refractivity contribution in [3.8, 4) is 34.1 Å². The predicted molar refractivity (Wildman–Crippen MR) is 184 cm³/mol. The molecule has 0 spiro atoms. The van der Waals surface area contributed by atoms with Crippen LogP contribution in [0.15, 0.2) is 87.9 Å². The molecule has 0 unspecified atom stereocenters. The molecule has 0 saturated carbocycles. The van der Waals surface area contributed by atoms with Crippen LogP contribution in [0, 0.1) is 0 Å². The van der Waals surface area contributed by atoms with Gasteiger partial charge in [0.1, 0.15) is 30.3 Å². The van der Waals surface area contributed by atoms with Crippen LogP contribution < -0.4 is 14.8 Å². The molecular weight excluding hydrogens is 606 g/mol. The Morgan fingerprint density at radius 2 is 1.50 bits per heavy atom. The molecule has 1 N–H and O–H groups in total. The van der Waals surface area contributed by atoms with Crippen LogP contribution in [-0.2, 0) is 19.8 Å². The Morgan fingerprint density at radius 1 is 0.854 bits per heavy atom. The highest BCUT2D eigenvalue weighted by Gasteiger charge is 2.30. The van der Waals surface area contributed by atoms with Crippen molar-refractivity contribution >= 4 is 5.91 Å². The number of hydrogen-bond donors (Lipinski definition) is 1. The molecule has 1 aliphatic heterocycles. The third-order valence-electron chi connectivity index (χ3n) is 8.48. The Hall–Kier alpha value is -4.93. The summed E-state index contributed by atoms with van der Waals surface area (Å²) in [6.07, 6.45) is 0. The Balaban J connectivity index is 1.42. The molecule has 10 heteroatoms. The molecular formula is C38H43N5O5. The monoisotopic (exact) mass is 649 g/mol. The van der Waals surface area contributed by atoms with Crippen molar-refractivity contribution in [2.24, 2.45) is 0 Å². The van der Waals surface area contributed by atoms with E-state index in [4.69, 9.17) is 18.5 Å². The Morgan fingerprint density at radius 3 is 2.12 bits per heavy atom. The van der Waals surface area contributed by atoms with Gasteiger partial charge in [-0.2, -0.15) is 0 Å². The normalized spacial score (nSPS) is 13.9. The first-order valence-corrected chi connectivity index (χ1v) is 16.6. The van der Waals surface area contributed by atoms with E-state index in [1.54, 1.807) is 0 Å². The van der Waals surface area contributed by atoms with Gasteiger partial charge in [0, 0.05) is 51.4 Å². The molecule has 10 nitrogen and oxygen atoms in total. The number of rotatable bonds is 13. The molecule has 2 aromatic heterocycles. The van der Waals surface area contributed by atoms with Crippen molar-refractivity contribution in [2.45, 2.75) is 46.4 Å². The standard InChI is InChI=1S/C38H43N5O5/c1-5-39-38(44)36-35(34-20-29(40-47-34)23-43-18-16-42(4)17-19-43)37(48-41-36)31-21-30(26(2)3)32(45-24-27-12-8-6-9-13-27)22-33(31)46-25-28-14-10-7-11-15-28/h6-15,20-22,26H,5,16-19,23-25H2,1-4H3,(H,39,44). The number of nitrogens with one attached hydrogen (secondary N) is 1. The number of piperazine rings is 1. The first-order chi connectivity index (χ1) is 23.4. The van der Waals surface area contributed by atoms with Crippen LogP contribution in [-0.4, -0.2) is 65.8 Å². The van der Waals surface area contributed by atoms with Gasteiger partial charge in [0.05, 0.1) is 11.3 Å². The predicted octanol–water partition coefficient (Wildman–Crippen LogP) is 6.78. The number of benzene rings is 3. The molecule has 1 fully saturated rings. The van der Waals surface area contributed by atoms with Gasteiger partial charge in [-0.15, -0.1) is 0 Å². The molecule has 48 heavy (non-hydrogen) atoms. The Labute approximate surface area is 281 Å². The Kier molecular flexibility index (Phi) is 10.5. The summed E-state index contributed by atoms with van der Waals surface area (Å²) in [7, 11) is 2.13. The summed E-state index contributed by atoms with van der Waals surface area (Å²) in [4.78, 5) is 18.0. The molecule has 3 aromatic carbocycles. The fourth-order valence-electron chi connectivity index (χ4n) is 5.76. The van der Waals surface area contributed by atoms with E-state index in [9.17, 15) is 4.79 Å². The first-order valence-electron chi connectivity index (χ1n) is 16.6. The fourth-order valence-corrected chi connectivity index (χ4v) is 5.76. The van der Waals surface area contributed by atoms with Crippen molar-refractivity contribution in [2.75, 3.05) is 39.8 Å². The molecule has 250 valence electrons. The van der Waals surface area contributed by atoms with Gasteiger partial charge >= 0.3 is 0 Å². The maximum atomic E-state index is 13.3. The number of nitrogens with zero attached hydrogens (tertiary/aromatic N) is 4. The zero-order valence-corrected chi connectivity index (χ0v) is 28.1. The molecule has 0 radical (unpaired) electrons. The van der Waals surface area contributed by atoms with Gasteiger partial charge in [-0.3, -0.25) is 9.69 Å². The van der Waals surface area contributed by atoms with E-state index >= 15 is 0 Å². The van der Waals surface area contributed by atoms with Crippen LogP contribution in [0.25, 0.3) is 22.6 Å². The average molecular weight is 650 g/mol.